The third-order valence-corrected chi connectivity index (χ3v) is 0.676. The van der Waals surface area contributed by atoms with Crippen LogP contribution in [-0.4, -0.2) is 6.29 Å². The van der Waals surface area contributed by atoms with Crippen molar-refractivity contribution in [3.63, 3.8) is 0 Å². The van der Waals surface area contributed by atoms with E-state index < -0.39 is 0 Å². The van der Waals surface area contributed by atoms with E-state index in [0.717, 1.165) is 25.5 Å². The maximum atomic E-state index is 9.56. The van der Waals surface area contributed by atoms with Gasteiger partial charge in [0, 0.05) is 32.3 Å². The van der Waals surface area contributed by atoms with Crippen LogP contribution in [0.5, 0.6) is 0 Å². The van der Waals surface area contributed by atoms with Crippen LogP contribution in [-0.2, 0) is 30.6 Å². The fourth-order valence-corrected chi connectivity index (χ4v) is 0.287. The topological polar surface area (TPSA) is 17.1 Å². The summed E-state index contributed by atoms with van der Waals surface area (Å²) in [5.41, 5.74) is 0. The number of carbonyl (C=O) groups is 1. The Morgan fingerprint density at radius 1 is 1.57 bits per heavy atom. The standard InChI is InChI=1S/C5H10O.Hf/c1-2-3-4-5-6;/h5H,2-4H2,1H3;. The molecule has 0 atom stereocenters. The van der Waals surface area contributed by atoms with Crippen molar-refractivity contribution < 1.29 is 30.6 Å². The summed E-state index contributed by atoms with van der Waals surface area (Å²) in [6.45, 7) is 2.07. The van der Waals surface area contributed by atoms with Crippen LogP contribution in [0.25, 0.3) is 0 Å². The van der Waals surface area contributed by atoms with Gasteiger partial charge >= 0.3 is 0 Å². The molecule has 0 aromatic carbocycles. The van der Waals surface area contributed by atoms with Crippen LogP contribution < -0.4 is 0 Å². The van der Waals surface area contributed by atoms with Gasteiger partial charge in [-0.05, 0) is 6.42 Å². The molecule has 0 aromatic heterocycles. The van der Waals surface area contributed by atoms with Crippen LogP contribution in [0, 0.1) is 0 Å². The third-order valence-electron chi connectivity index (χ3n) is 0.676. The molecule has 0 aliphatic rings. The van der Waals surface area contributed by atoms with E-state index in [-0.39, 0.29) is 25.8 Å². The SMILES string of the molecule is CCCCC=O.[Hf]. The molecule has 0 bridgehead atoms. The van der Waals surface area contributed by atoms with E-state index in [9.17, 15) is 4.79 Å². The molecule has 0 saturated carbocycles. The molecule has 0 aliphatic carbocycles. The first-order valence-corrected chi connectivity index (χ1v) is 2.35. The molecule has 0 fully saturated rings. The Labute approximate surface area is 63.3 Å². The molecule has 0 aliphatic heterocycles. The van der Waals surface area contributed by atoms with Crippen LogP contribution in [0.2, 0.25) is 0 Å². The van der Waals surface area contributed by atoms with E-state index in [4.69, 9.17) is 0 Å². The van der Waals surface area contributed by atoms with Gasteiger partial charge in [-0.3, -0.25) is 0 Å². The van der Waals surface area contributed by atoms with Crippen molar-refractivity contribution in [1.82, 2.24) is 0 Å². The van der Waals surface area contributed by atoms with E-state index in [1.165, 1.54) is 0 Å². The third kappa shape index (κ3) is 10.8. The molecule has 7 heavy (non-hydrogen) atoms. The fraction of sp³-hybridized carbons (Fsp3) is 0.800. The summed E-state index contributed by atoms with van der Waals surface area (Å²) in [4.78, 5) is 9.56. The smallest absolute Gasteiger partial charge is 0.119 e. The Hall–Kier alpha value is 0.540. The molecule has 0 heterocycles. The second-order valence-corrected chi connectivity index (χ2v) is 1.31. The number of carbonyl (C=O) groups excluding carboxylic acids is 1. The number of unbranched alkanes of at least 4 members (excludes halogenated alkanes) is 2. The van der Waals surface area contributed by atoms with E-state index in [0.29, 0.717) is 0 Å². The number of hydrogen-bond acceptors (Lipinski definition) is 1. The molecule has 0 spiro atoms. The van der Waals surface area contributed by atoms with Crippen LogP contribution in [0.1, 0.15) is 26.2 Å². The van der Waals surface area contributed by atoms with Crippen LogP contribution in [0.3, 0.4) is 0 Å². The Morgan fingerprint density at radius 3 is 2.29 bits per heavy atom. The Bertz CT molecular complexity index is 37.1. The Kier molecular flexibility index (Phi) is 14.6. The van der Waals surface area contributed by atoms with Crippen molar-refractivity contribution in [3.8, 4) is 0 Å². The molecule has 1 nitrogen and oxygen atoms in total. The van der Waals surface area contributed by atoms with Crippen molar-refractivity contribution in [1.29, 1.82) is 0 Å². The van der Waals surface area contributed by atoms with Gasteiger partial charge in [0.1, 0.15) is 6.29 Å². The maximum absolute atomic E-state index is 9.56. The molecular weight excluding hydrogens is 255 g/mol. The second-order valence-electron chi connectivity index (χ2n) is 1.31. The van der Waals surface area contributed by atoms with Gasteiger partial charge < -0.3 is 4.79 Å². The zero-order valence-electron chi connectivity index (χ0n) is 4.61. The minimum absolute atomic E-state index is 0. The van der Waals surface area contributed by atoms with Gasteiger partial charge in [0.15, 0.2) is 0 Å². The van der Waals surface area contributed by atoms with E-state index >= 15 is 0 Å². The number of hydrogen-bond donors (Lipinski definition) is 0. The average molecular weight is 265 g/mol. The van der Waals surface area contributed by atoms with Gasteiger partial charge in [-0.15, -0.1) is 0 Å². The zero-order chi connectivity index (χ0) is 4.83. The van der Waals surface area contributed by atoms with Gasteiger partial charge in [0.05, 0.1) is 0 Å². The van der Waals surface area contributed by atoms with E-state index in [1.807, 2.05) is 0 Å². The first-order chi connectivity index (χ1) is 2.91. The van der Waals surface area contributed by atoms with E-state index in [1.54, 1.807) is 0 Å². The Morgan fingerprint density at radius 2 is 2.14 bits per heavy atom. The van der Waals surface area contributed by atoms with Gasteiger partial charge in [0.25, 0.3) is 0 Å². The quantitative estimate of drug-likeness (QED) is 0.428. The van der Waals surface area contributed by atoms with Crippen molar-refractivity contribution >= 4 is 6.29 Å². The summed E-state index contributed by atoms with van der Waals surface area (Å²) >= 11 is 0. The number of aldehydes is 1. The molecule has 40 valence electrons. The normalized spacial score (nSPS) is 7.00. The Balaban J connectivity index is 0. The van der Waals surface area contributed by atoms with Crippen molar-refractivity contribution in [2.24, 2.45) is 0 Å². The molecule has 0 N–H and O–H groups in total. The van der Waals surface area contributed by atoms with Gasteiger partial charge in [-0.2, -0.15) is 0 Å². The fourth-order valence-electron chi connectivity index (χ4n) is 0.287. The minimum Gasteiger partial charge on any atom is -0.303 e. The van der Waals surface area contributed by atoms with Gasteiger partial charge in [0.2, 0.25) is 0 Å². The summed E-state index contributed by atoms with van der Waals surface area (Å²) in [7, 11) is 0. The first kappa shape index (κ1) is 10.5. The van der Waals surface area contributed by atoms with Crippen molar-refractivity contribution in [2.75, 3.05) is 0 Å². The summed E-state index contributed by atoms with van der Waals surface area (Å²) in [6, 6.07) is 0. The second kappa shape index (κ2) is 9.74. The molecule has 0 radical (unpaired) electrons. The molecular formula is C5H10HfO. The first-order valence-electron chi connectivity index (χ1n) is 2.35. The van der Waals surface area contributed by atoms with Crippen LogP contribution in [0.4, 0.5) is 0 Å². The average Bonchev–Trinajstić information content (AvgIpc) is 1.61. The molecule has 2 heteroatoms. The van der Waals surface area contributed by atoms with Crippen molar-refractivity contribution in [3.05, 3.63) is 0 Å². The monoisotopic (exact) mass is 266 g/mol. The molecule has 0 saturated heterocycles. The molecule has 0 amide bonds. The van der Waals surface area contributed by atoms with Crippen LogP contribution >= 0.6 is 0 Å². The summed E-state index contributed by atoms with van der Waals surface area (Å²) < 4.78 is 0. The molecule has 0 rings (SSSR count). The van der Waals surface area contributed by atoms with Crippen LogP contribution in [0.15, 0.2) is 0 Å². The molecule has 0 unspecified atom stereocenters. The zero-order valence-corrected chi connectivity index (χ0v) is 8.20. The minimum atomic E-state index is 0. The summed E-state index contributed by atoms with van der Waals surface area (Å²) in [5, 5.41) is 0. The number of rotatable bonds is 3. The molecule has 0 aromatic rings. The van der Waals surface area contributed by atoms with E-state index in [2.05, 4.69) is 6.92 Å². The van der Waals surface area contributed by atoms with Crippen molar-refractivity contribution in [2.45, 2.75) is 26.2 Å². The predicted octanol–water partition coefficient (Wildman–Crippen LogP) is 1.37. The van der Waals surface area contributed by atoms with Gasteiger partial charge in [-0.1, -0.05) is 13.3 Å². The summed E-state index contributed by atoms with van der Waals surface area (Å²) in [6.07, 6.45) is 3.86. The summed E-state index contributed by atoms with van der Waals surface area (Å²) in [5.74, 6) is 0. The maximum Gasteiger partial charge on any atom is 0.119 e. The predicted molar refractivity (Wildman–Crippen MR) is 25.6 cm³/mol. The van der Waals surface area contributed by atoms with Gasteiger partial charge in [-0.25, -0.2) is 0 Å². The largest absolute Gasteiger partial charge is 0.303 e.